The molecule has 1 aliphatic rings. The van der Waals surface area contributed by atoms with E-state index in [4.69, 9.17) is 16.3 Å². The van der Waals surface area contributed by atoms with Gasteiger partial charge in [-0.05, 0) is 36.4 Å². The van der Waals surface area contributed by atoms with Crippen molar-refractivity contribution in [2.75, 3.05) is 19.0 Å². The van der Waals surface area contributed by atoms with Crippen molar-refractivity contribution in [1.29, 1.82) is 0 Å². The minimum Gasteiger partial charge on any atom is -0.497 e. The van der Waals surface area contributed by atoms with Crippen LogP contribution in [-0.2, 0) is 4.79 Å². The maximum Gasteiger partial charge on any atom is 0.263 e. The lowest BCUT2D eigenvalue weighted by Crippen LogP contribution is -2.37. The number of amides is 3. The Hall–Kier alpha value is -2.86. The van der Waals surface area contributed by atoms with Crippen LogP contribution in [0.5, 0.6) is 5.75 Å². The number of rotatable bonds is 4. The number of halogens is 1. The molecular formula is C17H13ClN2O4. The van der Waals surface area contributed by atoms with Gasteiger partial charge >= 0.3 is 0 Å². The third-order valence-corrected chi connectivity index (χ3v) is 3.94. The van der Waals surface area contributed by atoms with Gasteiger partial charge in [0.05, 0.1) is 23.3 Å². The lowest BCUT2D eigenvalue weighted by molar-refractivity contribution is -0.116. The fourth-order valence-electron chi connectivity index (χ4n) is 2.45. The monoisotopic (exact) mass is 344 g/mol. The first kappa shape index (κ1) is 16.0. The molecule has 0 aromatic heterocycles. The fourth-order valence-corrected chi connectivity index (χ4v) is 2.71. The average molecular weight is 345 g/mol. The molecule has 1 N–H and O–H groups in total. The maximum atomic E-state index is 12.3. The van der Waals surface area contributed by atoms with E-state index in [0.29, 0.717) is 11.4 Å². The van der Waals surface area contributed by atoms with Crippen LogP contribution in [0, 0.1) is 0 Å². The molecule has 0 atom stereocenters. The Kier molecular flexibility index (Phi) is 4.22. The lowest BCUT2D eigenvalue weighted by Gasteiger charge is -2.13. The molecule has 2 aromatic carbocycles. The molecule has 0 fully saturated rings. The molecule has 0 saturated carbocycles. The number of carbonyl (C=O) groups is 3. The summed E-state index contributed by atoms with van der Waals surface area (Å²) in [6.45, 7) is -0.380. The highest BCUT2D eigenvalue weighted by atomic mass is 35.5. The molecule has 0 spiro atoms. The third kappa shape index (κ3) is 2.83. The van der Waals surface area contributed by atoms with Gasteiger partial charge in [-0.2, -0.15) is 0 Å². The largest absolute Gasteiger partial charge is 0.497 e. The Morgan fingerprint density at radius 2 is 1.83 bits per heavy atom. The smallest absolute Gasteiger partial charge is 0.263 e. The molecule has 0 unspecified atom stereocenters. The zero-order valence-electron chi connectivity index (χ0n) is 12.7. The molecule has 1 heterocycles. The van der Waals surface area contributed by atoms with E-state index >= 15 is 0 Å². The summed E-state index contributed by atoms with van der Waals surface area (Å²) in [6.07, 6.45) is 0. The molecule has 3 rings (SSSR count). The fraction of sp³-hybridized carbons (Fsp3) is 0.118. The van der Waals surface area contributed by atoms with Crippen molar-refractivity contribution < 1.29 is 19.1 Å². The minimum atomic E-state index is -0.564. The summed E-state index contributed by atoms with van der Waals surface area (Å²) in [4.78, 5) is 37.6. The molecule has 2 aromatic rings. The van der Waals surface area contributed by atoms with E-state index in [0.717, 1.165) is 4.90 Å². The van der Waals surface area contributed by atoms with Gasteiger partial charge in [-0.1, -0.05) is 17.7 Å². The Bertz CT molecular complexity index is 833. The van der Waals surface area contributed by atoms with Crippen LogP contribution in [0.2, 0.25) is 5.02 Å². The first-order valence-electron chi connectivity index (χ1n) is 7.10. The molecule has 0 radical (unpaired) electrons. The number of carbonyl (C=O) groups excluding carboxylic acids is 3. The third-order valence-electron chi connectivity index (χ3n) is 3.62. The summed E-state index contributed by atoms with van der Waals surface area (Å²) in [6, 6.07) is 11.4. The van der Waals surface area contributed by atoms with Crippen LogP contribution in [0.1, 0.15) is 20.7 Å². The van der Waals surface area contributed by atoms with Crippen molar-refractivity contribution in [2.45, 2.75) is 0 Å². The zero-order valence-corrected chi connectivity index (χ0v) is 13.5. The number of ether oxygens (including phenoxy) is 1. The van der Waals surface area contributed by atoms with Gasteiger partial charge < -0.3 is 10.1 Å². The van der Waals surface area contributed by atoms with Gasteiger partial charge in [0.25, 0.3) is 11.8 Å². The number of methoxy groups -OCH3 is 1. The Morgan fingerprint density at radius 3 is 2.46 bits per heavy atom. The molecule has 122 valence electrons. The van der Waals surface area contributed by atoms with Crippen LogP contribution in [0.4, 0.5) is 5.69 Å². The molecule has 1 aliphatic heterocycles. The van der Waals surface area contributed by atoms with Crippen LogP contribution < -0.4 is 10.1 Å². The SMILES string of the molecule is COc1ccc(NC(=O)CN2C(=O)c3cccc(Cl)c3C2=O)cc1. The van der Waals surface area contributed by atoms with Gasteiger partial charge in [0, 0.05) is 5.69 Å². The van der Waals surface area contributed by atoms with E-state index in [1.807, 2.05) is 0 Å². The van der Waals surface area contributed by atoms with Crippen LogP contribution in [-0.4, -0.2) is 36.3 Å². The molecule has 24 heavy (non-hydrogen) atoms. The standard InChI is InChI=1S/C17H13ClN2O4/c1-24-11-7-5-10(6-8-11)19-14(21)9-20-16(22)12-3-2-4-13(18)15(12)17(20)23/h2-8H,9H2,1H3,(H,19,21). The van der Waals surface area contributed by atoms with Gasteiger partial charge in [0.2, 0.25) is 5.91 Å². The number of fused-ring (bicyclic) bond motifs is 1. The summed E-state index contributed by atoms with van der Waals surface area (Å²) in [5.41, 5.74) is 0.890. The summed E-state index contributed by atoms with van der Waals surface area (Å²) < 4.78 is 5.03. The second-order valence-corrected chi connectivity index (χ2v) is 5.54. The minimum absolute atomic E-state index is 0.140. The molecule has 0 aliphatic carbocycles. The molecule has 6 nitrogen and oxygen atoms in total. The Balaban J connectivity index is 1.72. The molecule has 0 saturated heterocycles. The van der Waals surface area contributed by atoms with Crippen molar-refractivity contribution >= 4 is 35.0 Å². The van der Waals surface area contributed by atoms with Gasteiger partial charge in [-0.3, -0.25) is 19.3 Å². The number of hydrogen-bond donors (Lipinski definition) is 1. The molecule has 7 heteroatoms. The average Bonchev–Trinajstić information content (AvgIpc) is 2.81. The topological polar surface area (TPSA) is 75.7 Å². The normalized spacial score (nSPS) is 13.0. The zero-order chi connectivity index (χ0) is 17.3. The number of nitrogens with zero attached hydrogens (tertiary/aromatic N) is 1. The van der Waals surface area contributed by atoms with Crippen LogP contribution >= 0.6 is 11.6 Å². The number of nitrogens with one attached hydrogen (secondary N) is 1. The molecular weight excluding hydrogens is 332 g/mol. The van der Waals surface area contributed by atoms with Crippen LogP contribution in [0.15, 0.2) is 42.5 Å². The van der Waals surface area contributed by atoms with Crippen molar-refractivity contribution in [3.8, 4) is 5.75 Å². The summed E-state index contributed by atoms with van der Waals surface area (Å²) >= 11 is 5.98. The first-order chi connectivity index (χ1) is 11.5. The van der Waals surface area contributed by atoms with Crippen molar-refractivity contribution in [3.63, 3.8) is 0 Å². The van der Waals surface area contributed by atoms with E-state index in [2.05, 4.69) is 5.32 Å². The van der Waals surface area contributed by atoms with Gasteiger partial charge in [-0.15, -0.1) is 0 Å². The Morgan fingerprint density at radius 1 is 1.12 bits per heavy atom. The second-order valence-electron chi connectivity index (χ2n) is 5.14. The number of anilines is 1. The highest BCUT2D eigenvalue weighted by Gasteiger charge is 2.38. The van der Waals surface area contributed by atoms with Crippen molar-refractivity contribution in [3.05, 3.63) is 58.6 Å². The van der Waals surface area contributed by atoms with Crippen molar-refractivity contribution in [2.24, 2.45) is 0 Å². The van der Waals surface area contributed by atoms with E-state index in [1.165, 1.54) is 12.1 Å². The number of benzene rings is 2. The molecule has 0 bridgehead atoms. The summed E-state index contributed by atoms with van der Waals surface area (Å²) in [7, 11) is 1.54. The maximum absolute atomic E-state index is 12.3. The quantitative estimate of drug-likeness (QED) is 0.865. The van der Waals surface area contributed by atoms with Crippen LogP contribution in [0.25, 0.3) is 0 Å². The van der Waals surface area contributed by atoms with E-state index < -0.39 is 17.7 Å². The van der Waals surface area contributed by atoms with Gasteiger partial charge in [-0.25, -0.2) is 0 Å². The van der Waals surface area contributed by atoms with Gasteiger partial charge in [0.1, 0.15) is 12.3 Å². The highest BCUT2D eigenvalue weighted by molar-refractivity contribution is 6.37. The van der Waals surface area contributed by atoms with Crippen LogP contribution in [0.3, 0.4) is 0 Å². The lowest BCUT2D eigenvalue weighted by atomic mass is 10.1. The summed E-state index contributed by atoms with van der Waals surface area (Å²) in [5, 5.41) is 2.83. The number of imide groups is 1. The first-order valence-corrected chi connectivity index (χ1v) is 7.47. The summed E-state index contributed by atoms with van der Waals surface area (Å²) in [5.74, 6) is -0.915. The second kappa shape index (κ2) is 6.33. The van der Waals surface area contributed by atoms with E-state index in [-0.39, 0.29) is 22.7 Å². The van der Waals surface area contributed by atoms with Crippen molar-refractivity contribution in [1.82, 2.24) is 4.90 Å². The molecule has 3 amide bonds. The number of hydrogen-bond acceptors (Lipinski definition) is 4. The Labute approximate surface area is 143 Å². The van der Waals surface area contributed by atoms with E-state index in [9.17, 15) is 14.4 Å². The van der Waals surface area contributed by atoms with E-state index in [1.54, 1.807) is 37.4 Å². The predicted octanol–water partition coefficient (Wildman–Crippen LogP) is 2.58. The highest BCUT2D eigenvalue weighted by Crippen LogP contribution is 2.28. The van der Waals surface area contributed by atoms with Gasteiger partial charge in [0.15, 0.2) is 0 Å². The predicted molar refractivity (Wildman–Crippen MR) is 88.4 cm³/mol.